The lowest BCUT2D eigenvalue weighted by molar-refractivity contribution is -0.143. The molecule has 13 nitrogen and oxygen atoms in total. The van der Waals surface area contributed by atoms with Crippen molar-refractivity contribution in [2.24, 2.45) is 5.73 Å². The average molecular weight is 594 g/mol. The summed E-state index contributed by atoms with van der Waals surface area (Å²) in [6.45, 7) is 0.290. The number of rotatable bonds is 13. The summed E-state index contributed by atoms with van der Waals surface area (Å²) < 4.78 is 0. The van der Waals surface area contributed by atoms with Gasteiger partial charge in [-0.05, 0) is 55.0 Å². The van der Waals surface area contributed by atoms with Crippen molar-refractivity contribution in [3.63, 3.8) is 0 Å². The summed E-state index contributed by atoms with van der Waals surface area (Å²) >= 11 is 0. The molecule has 0 bridgehead atoms. The van der Waals surface area contributed by atoms with Crippen LogP contribution < -0.4 is 16.4 Å². The lowest BCUT2D eigenvalue weighted by atomic mass is 10.0. The number of H-pyrrole nitrogens is 1. The summed E-state index contributed by atoms with van der Waals surface area (Å²) in [5.41, 5.74) is 8.59. The number of carbonyl (C=O) groups is 5. The molecular weight excluding hydrogens is 558 g/mol. The topological polar surface area (TPSA) is 215 Å². The Labute approximate surface area is 247 Å². The van der Waals surface area contributed by atoms with Crippen LogP contribution in [0.3, 0.4) is 0 Å². The van der Waals surface area contributed by atoms with Crippen LogP contribution in [0, 0.1) is 0 Å². The highest BCUT2D eigenvalue weighted by molar-refractivity contribution is 5.95. The number of aromatic amines is 1. The lowest BCUT2D eigenvalue weighted by Gasteiger charge is -2.28. The molecule has 0 aliphatic carbocycles. The van der Waals surface area contributed by atoms with Gasteiger partial charge < -0.3 is 41.6 Å². The van der Waals surface area contributed by atoms with Crippen molar-refractivity contribution in [3.05, 3.63) is 65.9 Å². The number of aliphatic carboxylic acids is 2. The molecule has 4 rings (SSSR count). The van der Waals surface area contributed by atoms with Crippen LogP contribution in [0.2, 0.25) is 0 Å². The van der Waals surface area contributed by atoms with E-state index in [0.29, 0.717) is 18.4 Å². The van der Waals surface area contributed by atoms with Gasteiger partial charge in [0.25, 0.3) is 0 Å². The van der Waals surface area contributed by atoms with E-state index in [9.17, 15) is 39.3 Å². The van der Waals surface area contributed by atoms with Crippen LogP contribution in [0.15, 0.2) is 54.7 Å². The molecule has 13 heteroatoms. The number of aromatic nitrogens is 1. The van der Waals surface area contributed by atoms with Crippen LogP contribution in [0.4, 0.5) is 0 Å². The van der Waals surface area contributed by atoms with Crippen LogP contribution in [0.5, 0.6) is 5.75 Å². The van der Waals surface area contributed by atoms with E-state index in [-0.39, 0.29) is 31.6 Å². The number of aromatic hydroxyl groups is 1. The number of para-hydroxylation sites is 1. The highest BCUT2D eigenvalue weighted by Gasteiger charge is 2.38. The maximum atomic E-state index is 13.4. The van der Waals surface area contributed by atoms with Gasteiger partial charge in [0.2, 0.25) is 17.7 Å². The first-order valence-electron chi connectivity index (χ1n) is 14.0. The molecule has 1 saturated heterocycles. The van der Waals surface area contributed by atoms with Gasteiger partial charge in [0.05, 0.1) is 6.04 Å². The average Bonchev–Trinajstić information content (AvgIpc) is 3.63. The van der Waals surface area contributed by atoms with E-state index >= 15 is 0 Å². The molecule has 8 N–H and O–H groups in total. The van der Waals surface area contributed by atoms with Gasteiger partial charge in [0.1, 0.15) is 23.9 Å². The molecule has 1 aromatic heterocycles. The molecule has 3 amide bonds. The Morgan fingerprint density at radius 3 is 2.40 bits per heavy atom. The predicted molar refractivity (Wildman–Crippen MR) is 155 cm³/mol. The molecule has 0 radical (unpaired) electrons. The molecule has 2 aromatic carbocycles. The summed E-state index contributed by atoms with van der Waals surface area (Å²) in [6, 6.07) is 8.81. The van der Waals surface area contributed by atoms with E-state index in [0.717, 1.165) is 16.5 Å². The molecule has 0 saturated carbocycles. The largest absolute Gasteiger partial charge is 0.508 e. The van der Waals surface area contributed by atoms with Crippen LogP contribution >= 0.6 is 0 Å². The van der Waals surface area contributed by atoms with Gasteiger partial charge in [0, 0.05) is 36.5 Å². The first-order valence-corrected chi connectivity index (χ1v) is 14.0. The smallest absolute Gasteiger partial charge is 0.326 e. The first-order chi connectivity index (χ1) is 20.5. The number of fused-ring (bicyclic) bond motifs is 1. The van der Waals surface area contributed by atoms with Crippen LogP contribution in [0.1, 0.15) is 36.8 Å². The fourth-order valence-electron chi connectivity index (χ4n) is 5.29. The fourth-order valence-corrected chi connectivity index (χ4v) is 5.29. The number of carboxylic acids is 2. The van der Waals surface area contributed by atoms with Crippen molar-refractivity contribution in [2.45, 2.75) is 62.7 Å². The van der Waals surface area contributed by atoms with Gasteiger partial charge in [-0.3, -0.25) is 19.2 Å². The minimum atomic E-state index is -1.38. The minimum Gasteiger partial charge on any atom is -0.508 e. The number of nitrogens with one attached hydrogen (secondary N) is 3. The Kier molecular flexibility index (Phi) is 9.99. The second-order valence-electron chi connectivity index (χ2n) is 10.6. The summed E-state index contributed by atoms with van der Waals surface area (Å²) in [4.78, 5) is 67.5. The quantitative estimate of drug-likeness (QED) is 0.150. The molecule has 4 atom stereocenters. The fraction of sp³-hybridized carbons (Fsp3) is 0.367. The summed E-state index contributed by atoms with van der Waals surface area (Å²) in [5, 5.41) is 34.2. The third-order valence-electron chi connectivity index (χ3n) is 7.54. The number of likely N-dealkylation sites (tertiary alicyclic amines) is 1. The number of carbonyl (C=O) groups excluding carboxylic acids is 3. The predicted octanol–water partition coefficient (Wildman–Crippen LogP) is 0.896. The SMILES string of the molecule is NC(Cc1c[nH]c2ccccc12)C(=O)N1CCCC1C(=O)NC(CCC(=O)O)C(=O)NC(Cc1ccc(O)cc1)C(=O)O. The summed E-state index contributed by atoms with van der Waals surface area (Å²) in [5.74, 6) is -4.48. The van der Waals surface area contributed by atoms with Gasteiger partial charge in [-0.1, -0.05) is 30.3 Å². The monoisotopic (exact) mass is 593 g/mol. The maximum Gasteiger partial charge on any atom is 0.326 e. The highest BCUT2D eigenvalue weighted by atomic mass is 16.4. The maximum absolute atomic E-state index is 13.4. The Morgan fingerprint density at radius 2 is 1.70 bits per heavy atom. The van der Waals surface area contributed by atoms with Crippen molar-refractivity contribution in [2.75, 3.05) is 6.54 Å². The van der Waals surface area contributed by atoms with Gasteiger partial charge in [-0.15, -0.1) is 0 Å². The lowest BCUT2D eigenvalue weighted by Crippen LogP contribution is -2.57. The van der Waals surface area contributed by atoms with Gasteiger partial charge in [0.15, 0.2) is 0 Å². The molecule has 0 spiro atoms. The first kappa shape index (κ1) is 31.0. The number of hydrogen-bond acceptors (Lipinski definition) is 7. The van der Waals surface area contributed by atoms with Gasteiger partial charge in [-0.2, -0.15) is 0 Å². The van der Waals surface area contributed by atoms with E-state index in [1.165, 1.54) is 29.2 Å². The van der Waals surface area contributed by atoms with E-state index in [4.69, 9.17) is 5.73 Å². The van der Waals surface area contributed by atoms with Crippen molar-refractivity contribution in [1.82, 2.24) is 20.5 Å². The van der Waals surface area contributed by atoms with E-state index < -0.39 is 60.2 Å². The van der Waals surface area contributed by atoms with Crippen LogP contribution in [-0.4, -0.2) is 85.6 Å². The highest BCUT2D eigenvalue weighted by Crippen LogP contribution is 2.22. The number of carboxylic acid groups (broad SMARTS) is 2. The van der Waals surface area contributed by atoms with E-state index in [1.807, 2.05) is 24.3 Å². The number of benzene rings is 2. The molecule has 228 valence electrons. The summed E-state index contributed by atoms with van der Waals surface area (Å²) in [6.07, 6.45) is 2.03. The Hall–Kier alpha value is -4.91. The van der Waals surface area contributed by atoms with Crippen LogP contribution in [-0.2, 0) is 36.8 Å². The Bertz CT molecular complexity index is 1490. The Balaban J connectivity index is 1.43. The van der Waals surface area contributed by atoms with Crippen molar-refractivity contribution < 1.29 is 39.3 Å². The molecule has 2 heterocycles. The minimum absolute atomic E-state index is 0.00512. The van der Waals surface area contributed by atoms with E-state index in [2.05, 4.69) is 15.6 Å². The van der Waals surface area contributed by atoms with E-state index in [1.54, 1.807) is 6.20 Å². The van der Waals surface area contributed by atoms with Crippen molar-refractivity contribution in [1.29, 1.82) is 0 Å². The number of hydrogen-bond donors (Lipinski definition) is 7. The Morgan fingerprint density at radius 1 is 0.977 bits per heavy atom. The normalized spacial score (nSPS) is 16.8. The molecule has 1 aliphatic heterocycles. The number of phenolic OH excluding ortho intramolecular Hbond substituents is 1. The zero-order valence-corrected chi connectivity index (χ0v) is 23.4. The number of phenols is 1. The zero-order valence-electron chi connectivity index (χ0n) is 23.4. The van der Waals surface area contributed by atoms with Crippen molar-refractivity contribution >= 4 is 40.6 Å². The molecule has 1 fully saturated rings. The molecule has 4 unspecified atom stereocenters. The molecule has 43 heavy (non-hydrogen) atoms. The second kappa shape index (κ2) is 13.8. The summed E-state index contributed by atoms with van der Waals surface area (Å²) in [7, 11) is 0. The third-order valence-corrected chi connectivity index (χ3v) is 7.54. The zero-order chi connectivity index (χ0) is 31.1. The number of amides is 3. The third kappa shape index (κ3) is 7.89. The van der Waals surface area contributed by atoms with Gasteiger partial charge in [-0.25, -0.2) is 4.79 Å². The molecular formula is C30H35N5O8. The van der Waals surface area contributed by atoms with Crippen molar-refractivity contribution in [3.8, 4) is 5.75 Å². The van der Waals surface area contributed by atoms with Crippen LogP contribution in [0.25, 0.3) is 10.9 Å². The number of nitrogens with zero attached hydrogens (tertiary/aromatic N) is 1. The molecule has 1 aliphatic rings. The number of nitrogens with two attached hydrogens (primary N) is 1. The molecule has 3 aromatic rings. The second-order valence-corrected chi connectivity index (χ2v) is 10.6. The standard InChI is InChI=1S/C30H35N5O8/c31-21(15-18-16-32-22-5-2-1-4-20(18)22)29(41)35-13-3-6-25(35)28(40)33-23(11-12-26(37)38)27(39)34-24(30(42)43)14-17-7-9-19(36)10-8-17/h1-2,4-5,7-10,16,21,23-25,32,36H,3,6,11-15,31H2,(H,33,40)(H,34,39)(H,37,38)(H,42,43). The van der Waals surface area contributed by atoms with Gasteiger partial charge >= 0.3 is 11.9 Å².